The van der Waals surface area contributed by atoms with Crippen LogP contribution in [0.1, 0.15) is 26.7 Å². The lowest BCUT2D eigenvalue weighted by molar-refractivity contribution is 0.0756. The van der Waals surface area contributed by atoms with E-state index in [1.54, 1.807) is 0 Å². The Kier molecular flexibility index (Phi) is 3.16. The largest absolute Gasteiger partial charge is 0.377 e. The first kappa shape index (κ1) is 8.02. The van der Waals surface area contributed by atoms with E-state index in [1.807, 2.05) is 0 Å². The number of nitrogens with one attached hydrogen (secondary N) is 1. The zero-order chi connectivity index (χ0) is 7.40. The van der Waals surface area contributed by atoms with Crippen molar-refractivity contribution in [1.82, 2.24) is 5.32 Å². The van der Waals surface area contributed by atoms with Gasteiger partial charge >= 0.3 is 0 Å². The minimum atomic E-state index is 0.481. The van der Waals surface area contributed by atoms with E-state index in [2.05, 4.69) is 19.2 Å². The lowest BCUT2D eigenvalue weighted by Crippen LogP contribution is -2.20. The molecule has 0 amide bonds. The maximum absolute atomic E-state index is 5.47. The molecule has 0 saturated carbocycles. The topological polar surface area (TPSA) is 21.3 Å². The Bertz CT molecular complexity index is 95.3. The molecule has 2 nitrogen and oxygen atoms in total. The molecular weight excluding hydrogens is 126 g/mol. The Labute approximate surface area is 63.0 Å². The number of hydrogen-bond donors (Lipinski definition) is 1. The van der Waals surface area contributed by atoms with Crippen LogP contribution in [-0.2, 0) is 4.74 Å². The fraction of sp³-hybridized carbons (Fsp3) is 1.00. The van der Waals surface area contributed by atoms with Crippen molar-refractivity contribution in [2.45, 2.75) is 38.8 Å². The first-order chi connectivity index (χ1) is 4.86. The molecular formula is C8H17NO. The molecule has 10 heavy (non-hydrogen) atoms. The van der Waals surface area contributed by atoms with E-state index in [0.717, 1.165) is 13.2 Å². The molecule has 2 atom stereocenters. The van der Waals surface area contributed by atoms with Crippen LogP contribution >= 0.6 is 0 Å². The highest BCUT2D eigenvalue weighted by molar-refractivity contribution is 4.80. The normalized spacial score (nSPS) is 33.0. The Morgan fingerprint density at radius 3 is 2.80 bits per heavy atom. The molecule has 0 bridgehead atoms. The average Bonchev–Trinajstić information content (AvgIpc) is 2.37. The van der Waals surface area contributed by atoms with Gasteiger partial charge in [-0.25, -0.2) is 0 Å². The van der Waals surface area contributed by atoms with Crippen LogP contribution in [0, 0.1) is 0 Å². The molecule has 60 valence electrons. The molecule has 0 unspecified atom stereocenters. The van der Waals surface area contributed by atoms with Crippen LogP contribution in [-0.4, -0.2) is 25.3 Å². The summed E-state index contributed by atoms with van der Waals surface area (Å²) in [5, 5.41) is 3.42. The Morgan fingerprint density at radius 2 is 2.30 bits per heavy atom. The highest BCUT2D eigenvalue weighted by atomic mass is 16.5. The molecule has 0 aliphatic carbocycles. The second kappa shape index (κ2) is 3.94. The van der Waals surface area contributed by atoms with Gasteiger partial charge in [-0.1, -0.05) is 6.92 Å². The fourth-order valence-electron chi connectivity index (χ4n) is 1.46. The number of ether oxygens (including phenoxy) is 1. The monoisotopic (exact) mass is 143 g/mol. The molecule has 1 N–H and O–H groups in total. The first-order valence-electron chi connectivity index (χ1n) is 4.21. The maximum atomic E-state index is 5.47. The van der Waals surface area contributed by atoms with E-state index < -0.39 is 0 Å². The maximum Gasteiger partial charge on any atom is 0.0714 e. The summed E-state index contributed by atoms with van der Waals surface area (Å²) in [6.45, 7) is 6.17. The molecule has 1 fully saturated rings. The summed E-state index contributed by atoms with van der Waals surface area (Å²) in [5.41, 5.74) is 0. The Morgan fingerprint density at radius 1 is 1.50 bits per heavy atom. The summed E-state index contributed by atoms with van der Waals surface area (Å²) in [5.74, 6) is 0. The summed E-state index contributed by atoms with van der Waals surface area (Å²) in [4.78, 5) is 0. The van der Waals surface area contributed by atoms with Crippen molar-refractivity contribution < 1.29 is 4.74 Å². The van der Waals surface area contributed by atoms with E-state index in [0.29, 0.717) is 12.1 Å². The predicted octanol–water partition coefficient (Wildman–Crippen LogP) is 1.16. The van der Waals surface area contributed by atoms with E-state index in [-0.39, 0.29) is 0 Å². The number of hydrogen-bond acceptors (Lipinski definition) is 2. The van der Waals surface area contributed by atoms with Gasteiger partial charge in [-0.2, -0.15) is 0 Å². The van der Waals surface area contributed by atoms with Gasteiger partial charge in [0.15, 0.2) is 0 Å². The van der Waals surface area contributed by atoms with Gasteiger partial charge in [-0.05, 0) is 19.8 Å². The lowest BCUT2D eigenvalue weighted by Gasteiger charge is -2.07. The summed E-state index contributed by atoms with van der Waals surface area (Å²) >= 11 is 0. The fourth-order valence-corrected chi connectivity index (χ4v) is 1.46. The predicted molar refractivity (Wildman–Crippen MR) is 42.1 cm³/mol. The summed E-state index contributed by atoms with van der Waals surface area (Å²) in [6, 6.07) is 0.705. The molecule has 1 aliphatic heterocycles. The number of rotatable bonds is 3. The molecule has 1 saturated heterocycles. The van der Waals surface area contributed by atoms with Gasteiger partial charge in [0.2, 0.25) is 0 Å². The van der Waals surface area contributed by atoms with Gasteiger partial charge in [-0.15, -0.1) is 0 Å². The standard InChI is InChI=1S/C8H17NO/c1-3-7-5-8(6-9-7)10-4-2/h7-9H,3-6H2,1-2H3/t7-,8-/m1/s1. The van der Waals surface area contributed by atoms with Gasteiger partial charge in [0, 0.05) is 19.2 Å². The van der Waals surface area contributed by atoms with Gasteiger partial charge < -0.3 is 10.1 Å². The van der Waals surface area contributed by atoms with Crippen LogP contribution in [0.4, 0.5) is 0 Å². The molecule has 0 radical (unpaired) electrons. The summed E-state index contributed by atoms with van der Waals surface area (Å²) in [6.07, 6.45) is 2.91. The molecule has 0 aromatic rings. The molecule has 0 spiro atoms. The van der Waals surface area contributed by atoms with Crippen molar-refractivity contribution in [3.05, 3.63) is 0 Å². The summed E-state index contributed by atoms with van der Waals surface area (Å²) in [7, 11) is 0. The van der Waals surface area contributed by atoms with Gasteiger partial charge in [0.05, 0.1) is 6.10 Å². The van der Waals surface area contributed by atoms with E-state index in [1.165, 1.54) is 12.8 Å². The van der Waals surface area contributed by atoms with E-state index in [4.69, 9.17) is 4.74 Å². The quantitative estimate of drug-likeness (QED) is 0.640. The third kappa shape index (κ3) is 1.96. The Hall–Kier alpha value is -0.0800. The lowest BCUT2D eigenvalue weighted by atomic mass is 10.1. The van der Waals surface area contributed by atoms with Crippen molar-refractivity contribution in [1.29, 1.82) is 0 Å². The van der Waals surface area contributed by atoms with Crippen LogP contribution < -0.4 is 5.32 Å². The molecule has 1 aliphatic rings. The second-order valence-corrected chi connectivity index (χ2v) is 2.83. The van der Waals surface area contributed by atoms with Crippen molar-refractivity contribution in [3.8, 4) is 0 Å². The zero-order valence-electron chi connectivity index (χ0n) is 6.89. The molecule has 2 heteroatoms. The van der Waals surface area contributed by atoms with Crippen molar-refractivity contribution in [3.63, 3.8) is 0 Å². The van der Waals surface area contributed by atoms with Crippen LogP contribution in [0.25, 0.3) is 0 Å². The highest BCUT2D eigenvalue weighted by Crippen LogP contribution is 2.11. The van der Waals surface area contributed by atoms with Crippen LogP contribution in [0.15, 0.2) is 0 Å². The Balaban J connectivity index is 2.15. The SMILES string of the molecule is CCO[C@H]1CN[C@H](CC)C1. The van der Waals surface area contributed by atoms with Crippen LogP contribution in [0.3, 0.4) is 0 Å². The minimum Gasteiger partial charge on any atom is -0.377 e. The molecule has 0 aromatic heterocycles. The van der Waals surface area contributed by atoms with E-state index in [9.17, 15) is 0 Å². The van der Waals surface area contributed by atoms with E-state index >= 15 is 0 Å². The summed E-state index contributed by atoms with van der Waals surface area (Å²) < 4.78 is 5.47. The third-order valence-corrected chi connectivity index (χ3v) is 2.08. The zero-order valence-corrected chi connectivity index (χ0v) is 6.89. The molecule has 1 rings (SSSR count). The van der Waals surface area contributed by atoms with Crippen molar-refractivity contribution in [2.24, 2.45) is 0 Å². The van der Waals surface area contributed by atoms with Crippen LogP contribution in [0.5, 0.6) is 0 Å². The molecule has 0 aromatic carbocycles. The third-order valence-electron chi connectivity index (χ3n) is 2.08. The van der Waals surface area contributed by atoms with Crippen LogP contribution in [0.2, 0.25) is 0 Å². The highest BCUT2D eigenvalue weighted by Gasteiger charge is 2.21. The van der Waals surface area contributed by atoms with Gasteiger partial charge in [0.1, 0.15) is 0 Å². The van der Waals surface area contributed by atoms with Gasteiger partial charge in [0.25, 0.3) is 0 Å². The van der Waals surface area contributed by atoms with Crippen molar-refractivity contribution >= 4 is 0 Å². The first-order valence-corrected chi connectivity index (χ1v) is 4.21. The average molecular weight is 143 g/mol. The molecule has 1 heterocycles. The van der Waals surface area contributed by atoms with Crippen molar-refractivity contribution in [2.75, 3.05) is 13.2 Å². The minimum absolute atomic E-state index is 0.481. The second-order valence-electron chi connectivity index (χ2n) is 2.83. The van der Waals surface area contributed by atoms with Gasteiger partial charge in [-0.3, -0.25) is 0 Å². The smallest absolute Gasteiger partial charge is 0.0714 e.